The van der Waals surface area contributed by atoms with Crippen molar-refractivity contribution in [3.8, 4) is 0 Å². The van der Waals surface area contributed by atoms with Gasteiger partial charge in [-0.3, -0.25) is 0 Å². The van der Waals surface area contributed by atoms with Crippen LogP contribution in [0.4, 0.5) is 4.79 Å². The molecule has 5 nitrogen and oxygen atoms in total. The van der Waals surface area contributed by atoms with Gasteiger partial charge in [0.15, 0.2) is 0 Å². The lowest BCUT2D eigenvalue weighted by atomic mass is 9.63. The summed E-state index contributed by atoms with van der Waals surface area (Å²) in [6.45, 7) is 6.56. The Bertz CT molecular complexity index is 348. The Kier molecular flexibility index (Phi) is 3.94. The van der Waals surface area contributed by atoms with Gasteiger partial charge in [0.2, 0.25) is 6.08 Å². The van der Waals surface area contributed by atoms with Crippen LogP contribution in [0.5, 0.6) is 0 Å². The van der Waals surface area contributed by atoms with Gasteiger partial charge in [-0.05, 0) is 30.1 Å². The summed E-state index contributed by atoms with van der Waals surface area (Å²) in [4.78, 5) is 24.6. The highest BCUT2D eigenvalue weighted by atomic mass is 16.4. The summed E-state index contributed by atoms with van der Waals surface area (Å²) in [5, 5.41) is 12.8. The quantitative estimate of drug-likeness (QED) is 0.585. The maximum absolute atomic E-state index is 10.4. The summed E-state index contributed by atoms with van der Waals surface area (Å²) in [6.07, 6.45) is 2.78. The van der Waals surface area contributed by atoms with Crippen LogP contribution in [0.1, 0.15) is 40.0 Å². The van der Waals surface area contributed by atoms with Gasteiger partial charge in [0.1, 0.15) is 6.09 Å². The molecule has 2 atom stereocenters. The van der Waals surface area contributed by atoms with E-state index in [2.05, 4.69) is 24.2 Å². The largest absolute Gasteiger partial charge is 0.530 e. The van der Waals surface area contributed by atoms with E-state index < -0.39 is 6.09 Å². The van der Waals surface area contributed by atoms with Gasteiger partial charge < -0.3 is 15.2 Å². The van der Waals surface area contributed by atoms with E-state index in [0.29, 0.717) is 13.0 Å². The lowest BCUT2D eigenvalue weighted by Gasteiger charge is -2.45. The number of aliphatic imine (C=N–C) groups is 1. The Morgan fingerprint density at radius 3 is 2.65 bits per heavy atom. The Morgan fingerprint density at radius 2 is 2.12 bits per heavy atom. The van der Waals surface area contributed by atoms with Crippen LogP contribution in [0, 0.1) is 10.8 Å². The van der Waals surface area contributed by atoms with Crippen LogP contribution in [-0.2, 0) is 4.79 Å². The van der Waals surface area contributed by atoms with Crippen LogP contribution >= 0.6 is 0 Å². The predicted octanol–water partition coefficient (Wildman–Crippen LogP) is 0.840. The van der Waals surface area contributed by atoms with Crippen molar-refractivity contribution in [1.29, 1.82) is 0 Å². The summed E-state index contributed by atoms with van der Waals surface area (Å²) >= 11 is 0. The second-order valence-corrected chi connectivity index (χ2v) is 6.08. The number of carbonyl (C=O) groups excluding carboxylic acids is 2. The smallest absolute Gasteiger partial charge is 0.235 e. The Balaban J connectivity index is 2.76. The standard InChI is InChI=1S/C12H20N2O3/c1-11(2)4-9(14-8-15)5-12(3,6-11)7-13-10(16)17/h9,13H,4-7H2,1-3H3,(H,16,17)/p-1. The number of rotatable bonds is 3. The van der Waals surface area contributed by atoms with E-state index in [1.54, 1.807) is 6.08 Å². The minimum Gasteiger partial charge on any atom is -0.530 e. The molecule has 5 heteroatoms. The van der Waals surface area contributed by atoms with Gasteiger partial charge in [0, 0.05) is 6.54 Å². The molecule has 1 aliphatic rings. The number of amides is 1. The molecule has 0 aromatic heterocycles. The SMILES string of the molecule is CC1(C)CC(N=C=O)CC(C)(CNC(=O)[O-])C1. The summed E-state index contributed by atoms with van der Waals surface area (Å²) < 4.78 is 0. The minimum absolute atomic E-state index is 0.0473. The third-order valence-electron chi connectivity index (χ3n) is 3.32. The first-order valence-electron chi connectivity index (χ1n) is 5.78. The molecule has 0 aromatic rings. The van der Waals surface area contributed by atoms with Crippen LogP contribution in [0.2, 0.25) is 0 Å². The normalized spacial score (nSPS) is 31.4. The molecular weight excluding hydrogens is 220 g/mol. The van der Waals surface area contributed by atoms with Crippen molar-refractivity contribution in [2.24, 2.45) is 15.8 Å². The van der Waals surface area contributed by atoms with Gasteiger partial charge in [-0.1, -0.05) is 20.8 Å². The number of carboxylic acid groups (broad SMARTS) is 1. The monoisotopic (exact) mass is 239 g/mol. The van der Waals surface area contributed by atoms with Crippen LogP contribution in [0.15, 0.2) is 4.99 Å². The highest BCUT2D eigenvalue weighted by Crippen LogP contribution is 2.46. The van der Waals surface area contributed by atoms with Crippen LogP contribution in [0.3, 0.4) is 0 Å². The maximum Gasteiger partial charge on any atom is 0.235 e. The fourth-order valence-corrected chi connectivity index (χ4v) is 3.16. The van der Waals surface area contributed by atoms with E-state index in [4.69, 9.17) is 0 Å². The minimum atomic E-state index is -1.26. The second-order valence-electron chi connectivity index (χ2n) is 6.08. The van der Waals surface area contributed by atoms with E-state index in [1.165, 1.54) is 0 Å². The van der Waals surface area contributed by atoms with Gasteiger partial charge in [-0.15, -0.1) is 0 Å². The summed E-state index contributed by atoms with van der Waals surface area (Å²) in [5.41, 5.74) is -0.140. The van der Waals surface area contributed by atoms with E-state index in [1.807, 2.05) is 6.92 Å². The molecule has 0 saturated heterocycles. The molecule has 17 heavy (non-hydrogen) atoms. The van der Waals surface area contributed by atoms with Crippen molar-refractivity contribution in [3.05, 3.63) is 0 Å². The first-order chi connectivity index (χ1) is 7.76. The van der Waals surface area contributed by atoms with Gasteiger partial charge in [-0.2, -0.15) is 0 Å². The molecule has 0 aliphatic heterocycles. The van der Waals surface area contributed by atoms with Crippen molar-refractivity contribution >= 4 is 12.2 Å². The van der Waals surface area contributed by atoms with Crippen molar-refractivity contribution in [3.63, 3.8) is 0 Å². The molecule has 96 valence electrons. The van der Waals surface area contributed by atoms with Crippen molar-refractivity contribution in [2.45, 2.75) is 46.1 Å². The lowest BCUT2D eigenvalue weighted by Crippen LogP contribution is -2.47. The molecule has 0 radical (unpaired) electrons. The fraction of sp³-hybridized carbons (Fsp3) is 0.833. The molecule has 1 aliphatic carbocycles. The van der Waals surface area contributed by atoms with Gasteiger partial charge in [0.25, 0.3) is 0 Å². The molecule has 0 heterocycles. The zero-order valence-electron chi connectivity index (χ0n) is 10.6. The average molecular weight is 239 g/mol. The third-order valence-corrected chi connectivity index (χ3v) is 3.32. The number of nitrogens with zero attached hydrogens (tertiary/aromatic N) is 1. The summed E-state index contributed by atoms with van der Waals surface area (Å²) in [7, 11) is 0. The first-order valence-corrected chi connectivity index (χ1v) is 5.78. The van der Waals surface area contributed by atoms with Gasteiger partial charge >= 0.3 is 0 Å². The number of nitrogens with one attached hydrogen (secondary N) is 1. The molecular formula is C12H19N2O3-. The predicted molar refractivity (Wildman–Crippen MR) is 61.0 cm³/mol. The van der Waals surface area contributed by atoms with Gasteiger partial charge in [-0.25, -0.2) is 9.79 Å². The third kappa shape index (κ3) is 4.19. The van der Waals surface area contributed by atoms with E-state index in [0.717, 1.165) is 12.8 Å². The maximum atomic E-state index is 10.4. The number of isocyanates is 1. The van der Waals surface area contributed by atoms with Crippen LogP contribution in [-0.4, -0.2) is 24.8 Å². The van der Waals surface area contributed by atoms with Crippen molar-refractivity contribution in [2.75, 3.05) is 6.54 Å². The number of carbonyl (C=O) groups is 1. The molecule has 1 N–H and O–H groups in total. The zero-order valence-corrected chi connectivity index (χ0v) is 10.6. The molecule has 0 spiro atoms. The molecule has 1 saturated carbocycles. The summed E-state index contributed by atoms with van der Waals surface area (Å²) in [5.74, 6) is 0. The Morgan fingerprint density at radius 1 is 1.47 bits per heavy atom. The molecule has 1 rings (SSSR count). The van der Waals surface area contributed by atoms with Gasteiger partial charge in [0.05, 0.1) is 6.04 Å². The zero-order chi connectivity index (χ0) is 13.1. The number of hydrogen-bond acceptors (Lipinski definition) is 4. The van der Waals surface area contributed by atoms with Crippen molar-refractivity contribution in [1.82, 2.24) is 5.32 Å². The second kappa shape index (κ2) is 4.88. The molecule has 1 amide bonds. The highest BCUT2D eigenvalue weighted by molar-refractivity contribution is 5.61. The Labute approximate surface area is 101 Å². The molecule has 0 bridgehead atoms. The highest BCUT2D eigenvalue weighted by Gasteiger charge is 2.41. The van der Waals surface area contributed by atoms with E-state index >= 15 is 0 Å². The van der Waals surface area contributed by atoms with Crippen LogP contribution < -0.4 is 10.4 Å². The molecule has 2 unspecified atom stereocenters. The molecule has 0 aromatic carbocycles. The van der Waals surface area contributed by atoms with Crippen molar-refractivity contribution < 1.29 is 14.7 Å². The van der Waals surface area contributed by atoms with Crippen LogP contribution in [0.25, 0.3) is 0 Å². The number of hydrogen-bond donors (Lipinski definition) is 1. The average Bonchev–Trinajstić information content (AvgIpc) is 2.12. The van der Waals surface area contributed by atoms with E-state index in [9.17, 15) is 14.7 Å². The molecule has 1 fully saturated rings. The topological polar surface area (TPSA) is 81.6 Å². The summed E-state index contributed by atoms with van der Waals surface area (Å²) in [6, 6.07) is -0.0650. The lowest BCUT2D eigenvalue weighted by molar-refractivity contribution is -0.251. The Hall–Kier alpha value is -1.35. The first kappa shape index (κ1) is 13.7. The van der Waals surface area contributed by atoms with E-state index in [-0.39, 0.29) is 16.9 Å². The fourth-order valence-electron chi connectivity index (χ4n) is 3.16.